The number of hydrogen-bond acceptors (Lipinski definition) is 6. The summed E-state index contributed by atoms with van der Waals surface area (Å²) in [6, 6.07) is 13.5. The van der Waals surface area contributed by atoms with Gasteiger partial charge in [0, 0.05) is 10.6 Å². The summed E-state index contributed by atoms with van der Waals surface area (Å²) in [6.07, 6.45) is 0. The second-order valence-corrected chi connectivity index (χ2v) is 8.49. The first-order valence-electron chi connectivity index (χ1n) is 10.0. The minimum Gasteiger partial charge on any atom is -0.507 e. The van der Waals surface area contributed by atoms with Gasteiger partial charge in [0.1, 0.15) is 23.3 Å². The third-order valence-corrected chi connectivity index (χ3v) is 6.61. The fourth-order valence-corrected chi connectivity index (χ4v) is 4.96. The first-order valence-corrected chi connectivity index (χ1v) is 10.9. The van der Waals surface area contributed by atoms with Crippen LogP contribution in [0.3, 0.4) is 0 Å². The number of aliphatic hydroxyl groups excluding tert-OH is 1. The number of carbonyl (C=O) groups excluding carboxylic acids is 2. The van der Waals surface area contributed by atoms with E-state index in [-0.39, 0.29) is 16.9 Å². The third-order valence-electron chi connectivity index (χ3n) is 5.54. The van der Waals surface area contributed by atoms with Crippen LogP contribution < -0.4 is 14.4 Å². The Hall–Kier alpha value is -3.58. The molecule has 164 valence electrons. The maximum absolute atomic E-state index is 13.3. The molecule has 0 radical (unpaired) electrons. The van der Waals surface area contributed by atoms with Crippen molar-refractivity contribution in [3.8, 4) is 11.5 Å². The number of nitrogens with zero attached hydrogens (tertiary/aromatic N) is 1. The van der Waals surface area contributed by atoms with E-state index in [1.807, 2.05) is 43.5 Å². The molecule has 2 heterocycles. The van der Waals surface area contributed by atoms with E-state index in [1.165, 1.54) is 30.5 Å². The zero-order valence-corrected chi connectivity index (χ0v) is 19.0. The van der Waals surface area contributed by atoms with Gasteiger partial charge in [-0.05, 0) is 66.8 Å². The number of thiophene rings is 1. The maximum Gasteiger partial charge on any atom is 0.300 e. The van der Waals surface area contributed by atoms with E-state index in [4.69, 9.17) is 9.47 Å². The van der Waals surface area contributed by atoms with Gasteiger partial charge >= 0.3 is 0 Å². The van der Waals surface area contributed by atoms with E-state index in [1.54, 1.807) is 24.3 Å². The number of carbonyl (C=O) groups is 2. The molecule has 0 saturated carbocycles. The van der Waals surface area contributed by atoms with Gasteiger partial charge in [-0.2, -0.15) is 0 Å². The lowest BCUT2D eigenvalue weighted by molar-refractivity contribution is -0.132. The molecule has 2 aromatic carbocycles. The number of aliphatic hydroxyl groups is 1. The van der Waals surface area contributed by atoms with Crippen LogP contribution in [0.5, 0.6) is 11.5 Å². The first-order chi connectivity index (χ1) is 15.4. The van der Waals surface area contributed by atoms with Crippen LogP contribution in [-0.2, 0) is 9.59 Å². The molecule has 1 fully saturated rings. The highest BCUT2D eigenvalue weighted by Gasteiger charge is 2.48. The second-order valence-electron chi connectivity index (χ2n) is 7.54. The molecule has 1 aliphatic heterocycles. The molecule has 1 saturated heterocycles. The maximum atomic E-state index is 13.3. The number of benzene rings is 2. The van der Waals surface area contributed by atoms with Gasteiger partial charge < -0.3 is 14.6 Å². The smallest absolute Gasteiger partial charge is 0.300 e. The molecule has 0 spiro atoms. The summed E-state index contributed by atoms with van der Waals surface area (Å²) in [5.74, 6) is -0.869. The fourth-order valence-electron chi connectivity index (χ4n) is 3.93. The zero-order valence-electron chi connectivity index (χ0n) is 18.2. The van der Waals surface area contributed by atoms with Crippen LogP contribution in [0.15, 0.2) is 59.5 Å². The zero-order chi connectivity index (χ0) is 23.0. The molecule has 6 nitrogen and oxygen atoms in total. The standard InChI is InChI=1S/C25H23NO5S/c1-14-6-5-7-16(12-14)26-21(24-15(2)10-11-32-24)20(23(28)25(26)29)22(27)18-13-17(30-3)8-9-19(18)31-4/h5-13,21,27H,1-4H3/b22-20+. The van der Waals surface area contributed by atoms with Crippen molar-refractivity contribution in [2.75, 3.05) is 19.1 Å². The van der Waals surface area contributed by atoms with Gasteiger partial charge in [0.2, 0.25) is 0 Å². The SMILES string of the molecule is COc1ccc(OC)c(/C(O)=C2\C(=O)C(=O)N(c3cccc(C)c3)C2c2sccc2C)c1. The van der Waals surface area contributed by atoms with Crippen LogP contribution in [0.25, 0.3) is 5.76 Å². The monoisotopic (exact) mass is 449 g/mol. The van der Waals surface area contributed by atoms with E-state index in [0.717, 1.165) is 16.0 Å². The lowest BCUT2D eigenvalue weighted by Gasteiger charge is -2.25. The molecule has 0 bridgehead atoms. The number of Topliss-reactive ketones (excluding diaryl/α,β-unsaturated/α-hetero) is 1. The Labute approximate surface area is 190 Å². The first kappa shape index (κ1) is 21.6. The number of methoxy groups -OCH3 is 2. The molecule has 1 amide bonds. The van der Waals surface area contributed by atoms with Crippen molar-refractivity contribution >= 4 is 34.5 Å². The van der Waals surface area contributed by atoms with Crippen molar-refractivity contribution in [3.05, 3.63) is 81.1 Å². The predicted molar refractivity (Wildman–Crippen MR) is 125 cm³/mol. The fraction of sp³-hybridized carbons (Fsp3) is 0.200. The normalized spacial score (nSPS) is 17.6. The summed E-state index contributed by atoms with van der Waals surface area (Å²) < 4.78 is 10.7. The van der Waals surface area contributed by atoms with Crippen LogP contribution in [0, 0.1) is 13.8 Å². The lowest BCUT2D eigenvalue weighted by atomic mass is 9.97. The van der Waals surface area contributed by atoms with Crippen molar-refractivity contribution in [1.82, 2.24) is 0 Å². The predicted octanol–water partition coefficient (Wildman–Crippen LogP) is 5.01. The summed E-state index contributed by atoms with van der Waals surface area (Å²) in [5.41, 5.74) is 2.80. The number of hydrogen-bond donors (Lipinski definition) is 1. The van der Waals surface area contributed by atoms with Gasteiger partial charge in [-0.1, -0.05) is 12.1 Å². The average Bonchev–Trinajstić information content (AvgIpc) is 3.33. The van der Waals surface area contributed by atoms with Crippen molar-refractivity contribution in [3.63, 3.8) is 0 Å². The van der Waals surface area contributed by atoms with E-state index < -0.39 is 17.7 Å². The molecule has 1 atom stereocenters. The summed E-state index contributed by atoms with van der Waals surface area (Å²) >= 11 is 1.44. The van der Waals surface area contributed by atoms with E-state index >= 15 is 0 Å². The van der Waals surface area contributed by atoms with Crippen molar-refractivity contribution in [2.24, 2.45) is 0 Å². The summed E-state index contributed by atoms with van der Waals surface area (Å²) in [4.78, 5) is 28.8. The third kappa shape index (κ3) is 3.54. The highest BCUT2D eigenvalue weighted by atomic mass is 32.1. The molecule has 0 aliphatic carbocycles. The highest BCUT2D eigenvalue weighted by molar-refractivity contribution is 7.10. The molecule has 4 rings (SSSR count). The highest BCUT2D eigenvalue weighted by Crippen LogP contribution is 2.46. The number of ketones is 1. The van der Waals surface area contributed by atoms with Gasteiger partial charge in [-0.25, -0.2) is 0 Å². The molecule has 1 aliphatic rings. The topological polar surface area (TPSA) is 76.1 Å². The molecule has 3 aromatic rings. The molecular formula is C25H23NO5S. The van der Waals surface area contributed by atoms with Gasteiger partial charge in [0.25, 0.3) is 11.7 Å². The molecule has 1 unspecified atom stereocenters. The van der Waals surface area contributed by atoms with E-state index in [9.17, 15) is 14.7 Å². The minimum absolute atomic E-state index is 0.0219. The summed E-state index contributed by atoms with van der Waals surface area (Å²) in [5, 5.41) is 13.3. The van der Waals surface area contributed by atoms with Crippen LogP contribution >= 0.6 is 11.3 Å². The number of ether oxygens (including phenoxy) is 2. The molecule has 1 N–H and O–H groups in total. The lowest BCUT2D eigenvalue weighted by Crippen LogP contribution is -2.29. The van der Waals surface area contributed by atoms with Crippen molar-refractivity contribution in [2.45, 2.75) is 19.9 Å². The van der Waals surface area contributed by atoms with Gasteiger partial charge in [-0.3, -0.25) is 14.5 Å². The van der Waals surface area contributed by atoms with Crippen LogP contribution in [0.4, 0.5) is 5.69 Å². The minimum atomic E-state index is -0.757. The Morgan fingerprint density at radius 3 is 2.44 bits per heavy atom. The average molecular weight is 450 g/mol. The van der Waals surface area contributed by atoms with Crippen LogP contribution in [-0.4, -0.2) is 31.0 Å². The Morgan fingerprint density at radius 1 is 1.03 bits per heavy atom. The van der Waals surface area contributed by atoms with Gasteiger partial charge in [0.15, 0.2) is 0 Å². The summed E-state index contributed by atoms with van der Waals surface area (Å²) in [7, 11) is 2.99. The Balaban J connectivity index is 1.99. The number of aryl methyl sites for hydroxylation is 2. The summed E-state index contributed by atoms with van der Waals surface area (Å²) in [6.45, 7) is 3.85. The quantitative estimate of drug-likeness (QED) is 0.337. The van der Waals surface area contributed by atoms with Crippen LogP contribution in [0.2, 0.25) is 0 Å². The van der Waals surface area contributed by atoms with Gasteiger partial charge in [0.05, 0.1) is 25.4 Å². The van der Waals surface area contributed by atoms with E-state index in [2.05, 4.69) is 0 Å². The van der Waals surface area contributed by atoms with Crippen molar-refractivity contribution < 1.29 is 24.2 Å². The number of rotatable bonds is 5. The Morgan fingerprint density at radius 2 is 1.81 bits per heavy atom. The van der Waals surface area contributed by atoms with Gasteiger partial charge in [-0.15, -0.1) is 11.3 Å². The largest absolute Gasteiger partial charge is 0.507 e. The number of amides is 1. The Kier molecular flexibility index (Phi) is 5.76. The molecule has 1 aromatic heterocycles. The molecule has 32 heavy (non-hydrogen) atoms. The Bertz CT molecular complexity index is 1240. The second kappa shape index (κ2) is 8.51. The van der Waals surface area contributed by atoms with Crippen molar-refractivity contribution in [1.29, 1.82) is 0 Å². The molecular weight excluding hydrogens is 426 g/mol. The van der Waals surface area contributed by atoms with Crippen LogP contribution in [0.1, 0.15) is 27.6 Å². The van der Waals surface area contributed by atoms with E-state index in [0.29, 0.717) is 17.2 Å². The molecule has 7 heteroatoms. The number of anilines is 1.